The van der Waals surface area contributed by atoms with Crippen LogP contribution in [0.1, 0.15) is 24.9 Å². The van der Waals surface area contributed by atoms with Crippen molar-refractivity contribution in [1.29, 1.82) is 0 Å². The Hall–Kier alpha value is -2.24. The van der Waals surface area contributed by atoms with Gasteiger partial charge in [0.05, 0.1) is 26.2 Å². The number of nitrogens with two attached hydrogens (primary N) is 1. The minimum atomic E-state index is -0.435. The van der Waals surface area contributed by atoms with Crippen LogP contribution in [-0.2, 0) is 9.59 Å². The zero-order valence-electron chi connectivity index (χ0n) is 12.5. The van der Waals surface area contributed by atoms with E-state index in [2.05, 4.69) is 0 Å². The molecule has 2 amide bonds. The highest BCUT2D eigenvalue weighted by molar-refractivity contribution is 5.88. The van der Waals surface area contributed by atoms with E-state index >= 15 is 0 Å². The van der Waals surface area contributed by atoms with Crippen molar-refractivity contribution in [2.75, 3.05) is 20.8 Å². The number of primary amides is 1. The number of likely N-dealkylation sites (tertiary alicyclic amines) is 1. The second-order valence-electron chi connectivity index (χ2n) is 5.13. The molecule has 2 N–H and O–H groups in total. The molecule has 1 saturated heterocycles. The van der Waals surface area contributed by atoms with Gasteiger partial charge in [-0.15, -0.1) is 0 Å². The maximum atomic E-state index is 12.1. The fourth-order valence-electron chi connectivity index (χ4n) is 2.63. The van der Waals surface area contributed by atoms with E-state index in [1.165, 1.54) is 0 Å². The number of rotatable bonds is 5. The van der Waals surface area contributed by atoms with E-state index < -0.39 is 11.8 Å². The van der Waals surface area contributed by atoms with Crippen LogP contribution >= 0.6 is 0 Å². The monoisotopic (exact) mass is 292 g/mol. The lowest BCUT2D eigenvalue weighted by molar-refractivity contribution is -0.130. The molecule has 2 atom stereocenters. The highest BCUT2D eigenvalue weighted by Crippen LogP contribution is 2.35. The maximum absolute atomic E-state index is 12.1. The molecule has 1 fully saturated rings. The Balaban J connectivity index is 2.29. The molecule has 1 aromatic rings. The Kier molecular flexibility index (Phi) is 4.35. The van der Waals surface area contributed by atoms with Gasteiger partial charge in [0.2, 0.25) is 11.8 Å². The molecule has 2 rings (SSSR count). The predicted molar refractivity (Wildman–Crippen MR) is 77.0 cm³/mol. The second-order valence-corrected chi connectivity index (χ2v) is 5.13. The van der Waals surface area contributed by atoms with Gasteiger partial charge >= 0.3 is 0 Å². The highest BCUT2D eigenvalue weighted by atomic mass is 16.5. The summed E-state index contributed by atoms with van der Waals surface area (Å²) in [5.41, 5.74) is 6.14. The summed E-state index contributed by atoms with van der Waals surface area (Å²) >= 11 is 0. The molecule has 0 radical (unpaired) electrons. The van der Waals surface area contributed by atoms with Crippen molar-refractivity contribution in [3.05, 3.63) is 23.8 Å². The molecule has 1 aliphatic rings. The van der Waals surface area contributed by atoms with Gasteiger partial charge < -0.3 is 20.1 Å². The maximum Gasteiger partial charge on any atom is 0.223 e. The number of methoxy groups -OCH3 is 2. The number of amides is 2. The molecule has 0 aliphatic carbocycles. The van der Waals surface area contributed by atoms with Crippen LogP contribution in [0.4, 0.5) is 0 Å². The lowest BCUT2D eigenvalue weighted by Gasteiger charge is -2.26. The quantitative estimate of drug-likeness (QED) is 0.881. The first-order valence-electron chi connectivity index (χ1n) is 6.78. The average Bonchev–Trinajstić information content (AvgIpc) is 2.88. The third-order valence-electron chi connectivity index (χ3n) is 3.92. The first-order valence-corrected chi connectivity index (χ1v) is 6.78. The topological polar surface area (TPSA) is 81.9 Å². The van der Waals surface area contributed by atoms with Gasteiger partial charge in [-0.2, -0.15) is 0 Å². The summed E-state index contributed by atoms with van der Waals surface area (Å²) in [6.07, 6.45) is 0.173. The largest absolute Gasteiger partial charge is 0.497 e. The van der Waals surface area contributed by atoms with Gasteiger partial charge in [0.25, 0.3) is 0 Å². The molecule has 6 nitrogen and oxygen atoms in total. The van der Waals surface area contributed by atoms with Crippen molar-refractivity contribution in [3.8, 4) is 11.5 Å². The van der Waals surface area contributed by atoms with Crippen LogP contribution in [0.15, 0.2) is 18.2 Å². The van der Waals surface area contributed by atoms with Crippen molar-refractivity contribution in [2.24, 2.45) is 11.7 Å². The van der Waals surface area contributed by atoms with Gasteiger partial charge in [-0.3, -0.25) is 9.59 Å². The molecule has 2 unspecified atom stereocenters. The summed E-state index contributed by atoms with van der Waals surface area (Å²) in [7, 11) is 3.16. The Morgan fingerprint density at radius 2 is 2.10 bits per heavy atom. The van der Waals surface area contributed by atoms with Crippen LogP contribution < -0.4 is 15.2 Å². The van der Waals surface area contributed by atoms with Crippen LogP contribution in [0.2, 0.25) is 0 Å². The van der Waals surface area contributed by atoms with E-state index in [4.69, 9.17) is 15.2 Å². The van der Waals surface area contributed by atoms with E-state index in [-0.39, 0.29) is 18.4 Å². The van der Waals surface area contributed by atoms with Crippen molar-refractivity contribution in [3.63, 3.8) is 0 Å². The normalized spacial score (nSPS) is 19.5. The van der Waals surface area contributed by atoms with Gasteiger partial charge in [-0.25, -0.2) is 0 Å². The molecule has 1 aromatic carbocycles. The Morgan fingerprint density at radius 1 is 1.38 bits per heavy atom. The van der Waals surface area contributed by atoms with Crippen LogP contribution in [-0.4, -0.2) is 37.5 Å². The van der Waals surface area contributed by atoms with Gasteiger partial charge in [0, 0.05) is 18.5 Å². The molecule has 0 saturated carbocycles. The molecule has 0 spiro atoms. The molecular weight excluding hydrogens is 272 g/mol. The minimum absolute atomic E-state index is 0.0730. The van der Waals surface area contributed by atoms with Gasteiger partial charge in [0.1, 0.15) is 11.5 Å². The van der Waals surface area contributed by atoms with E-state index in [1.54, 1.807) is 31.3 Å². The number of hydrogen-bond donors (Lipinski definition) is 1. The summed E-state index contributed by atoms with van der Waals surface area (Å²) in [4.78, 5) is 25.0. The lowest BCUT2D eigenvalue weighted by Crippen LogP contribution is -2.31. The number of carbonyl (C=O) groups excluding carboxylic acids is 2. The number of hydrogen-bond acceptors (Lipinski definition) is 4. The number of ether oxygens (including phenoxy) is 2. The summed E-state index contributed by atoms with van der Waals surface area (Å²) in [5.74, 6) is 0.442. The summed E-state index contributed by atoms with van der Waals surface area (Å²) < 4.78 is 10.6. The van der Waals surface area contributed by atoms with Crippen molar-refractivity contribution < 1.29 is 19.1 Å². The SMILES string of the molecule is COc1ccc(OC)c(C(C)N2CC(C(N)=O)CC2=O)c1. The van der Waals surface area contributed by atoms with Gasteiger partial charge in [-0.05, 0) is 25.1 Å². The minimum Gasteiger partial charge on any atom is -0.497 e. The standard InChI is InChI=1S/C15H20N2O4/c1-9(17-8-10(15(16)19)6-14(17)18)12-7-11(20-2)4-5-13(12)21-3/h4-5,7,9-10H,6,8H2,1-3H3,(H2,16,19). The zero-order chi connectivity index (χ0) is 15.6. The van der Waals surface area contributed by atoms with Crippen molar-refractivity contribution in [2.45, 2.75) is 19.4 Å². The van der Waals surface area contributed by atoms with E-state index in [1.807, 2.05) is 13.0 Å². The summed E-state index contributed by atoms with van der Waals surface area (Å²) in [6, 6.07) is 5.23. The van der Waals surface area contributed by atoms with Gasteiger partial charge in [0.15, 0.2) is 0 Å². The average molecular weight is 292 g/mol. The predicted octanol–water partition coefficient (Wildman–Crippen LogP) is 1.10. The fourth-order valence-corrected chi connectivity index (χ4v) is 2.63. The van der Waals surface area contributed by atoms with Crippen molar-refractivity contribution >= 4 is 11.8 Å². The van der Waals surface area contributed by atoms with Crippen LogP contribution in [0.5, 0.6) is 11.5 Å². The zero-order valence-corrected chi connectivity index (χ0v) is 12.5. The van der Waals surface area contributed by atoms with Crippen molar-refractivity contribution in [1.82, 2.24) is 4.90 Å². The molecule has 114 valence electrons. The van der Waals surface area contributed by atoms with E-state index in [0.29, 0.717) is 18.0 Å². The number of benzene rings is 1. The molecule has 21 heavy (non-hydrogen) atoms. The Labute approximate surface area is 123 Å². The van der Waals surface area contributed by atoms with Crippen LogP contribution in [0.3, 0.4) is 0 Å². The third kappa shape index (κ3) is 2.94. The van der Waals surface area contributed by atoms with Crippen LogP contribution in [0.25, 0.3) is 0 Å². The Morgan fingerprint density at radius 3 is 2.62 bits per heavy atom. The molecule has 0 aromatic heterocycles. The Bertz CT molecular complexity index is 559. The second kappa shape index (κ2) is 6.03. The molecule has 6 heteroatoms. The summed E-state index contributed by atoms with van der Waals surface area (Å²) in [5, 5.41) is 0. The highest BCUT2D eigenvalue weighted by Gasteiger charge is 2.36. The number of nitrogens with zero attached hydrogens (tertiary/aromatic N) is 1. The smallest absolute Gasteiger partial charge is 0.223 e. The summed E-state index contributed by atoms with van der Waals surface area (Å²) in [6.45, 7) is 2.24. The molecular formula is C15H20N2O4. The van der Waals surface area contributed by atoms with E-state index in [9.17, 15) is 9.59 Å². The van der Waals surface area contributed by atoms with E-state index in [0.717, 1.165) is 5.56 Å². The third-order valence-corrected chi connectivity index (χ3v) is 3.92. The molecule has 1 heterocycles. The molecule has 1 aliphatic heterocycles. The first kappa shape index (κ1) is 15.2. The molecule has 0 bridgehead atoms. The fraction of sp³-hybridized carbons (Fsp3) is 0.467. The van der Waals surface area contributed by atoms with Gasteiger partial charge in [-0.1, -0.05) is 0 Å². The number of carbonyl (C=O) groups is 2. The van der Waals surface area contributed by atoms with Crippen LogP contribution in [0, 0.1) is 5.92 Å². The first-order chi connectivity index (χ1) is 9.97. The lowest BCUT2D eigenvalue weighted by atomic mass is 10.1.